The highest BCUT2D eigenvalue weighted by molar-refractivity contribution is 4.82. The van der Waals surface area contributed by atoms with Crippen molar-refractivity contribution in [3.8, 4) is 0 Å². The first-order valence-electron chi connectivity index (χ1n) is 4.85. The molecule has 0 saturated carbocycles. The molecule has 1 heterocycles. The summed E-state index contributed by atoms with van der Waals surface area (Å²) >= 11 is 0. The van der Waals surface area contributed by atoms with Gasteiger partial charge in [-0.05, 0) is 52.5 Å². The maximum atomic E-state index is 2.43. The predicted octanol–water partition coefficient (Wildman–Crippen LogP) is 1.28. The molecule has 0 spiro atoms. The van der Waals surface area contributed by atoms with Crippen LogP contribution >= 0.6 is 0 Å². The van der Waals surface area contributed by atoms with Crippen LogP contribution in [0.1, 0.15) is 19.8 Å². The van der Waals surface area contributed by atoms with E-state index in [2.05, 4.69) is 37.9 Å². The Hall–Kier alpha value is -0.0800. The van der Waals surface area contributed by atoms with Crippen LogP contribution < -0.4 is 0 Å². The Morgan fingerprint density at radius 3 is 2.17 bits per heavy atom. The van der Waals surface area contributed by atoms with Crippen molar-refractivity contribution in [3.63, 3.8) is 0 Å². The number of hydrogen-bond donors (Lipinski definition) is 0. The third-order valence-corrected chi connectivity index (χ3v) is 2.89. The van der Waals surface area contributed by atoms with Crippen molar-refractivity contribution in [3.05, 3.63) is 0 Å². The minimum Gasteiger partial charge on any atom is -0.309 e. The Balaban J connectivity index is 2.39. The predicted molar refractivity (Wildman–Crippen MR) is 53.4 cm³/mol. The van der Waals surface area contributed by atoms with E-state index in [1.807, 2.05) is 0 Å². The lowest BCUT2D eigenvalue weighted by molar-refractivity contribution is 0.107. The molecule has 0 bridgehead atoms. The Bertz CT molecular complexity index is 135. The topological polar surface area (TPSA) is 6.48 Å². The summed E-state index contributed by atoms with van der Waals surface area (Å²) in [6.07, 6.45) is 2.70. The molecule has 0 unspecified atom stereocenters. The lowest BCUT2D eigenvalue weighted by Gasteiger charge is -2.39. The standard InChI is InChI=1S/C10H22N2/c1-10(9-11(2)3)5-7-12(4)8-6-10/h5-9H2,1-4H3. The van der Waals surface area contributed by atoms with Gasteiger partial charge in [0.2, 0.25) is 0 Å². The average Bonchev–Trinajstić information content (AvgIpc) is 1.94. The summed E-state index contributed by atoms with van der Waals surface area (Å²) in [7, 11) is 6.56. The molecule has 1 rings (SSSR count). The highest BCUT2D eigenvalue weighted by Crippen LogP contribution is 2.30. The zero-order valence-corrected chi connectivity index (χ0v) is 8.93. The third kappa shape index (κ3) is 2.76. The molecule has 2 nitrogen and oxygen atoms in total. The molecule has 2 heteroatoms. The van der Waals surface area contributed by atoms with E-state index in [1.165, 1.54) is 32.5 Å². The molecule has 0 aromatic heterocycles. The van der Waals surface area contributed by atoms with Crippen LogP contribution in [0, 0.1) is 5.41 Å². The molecule has 0 radical (unpaired) electrons. The zero-order chi connectivity index (χ0) is 9.19. The Morgan fingerprint density at radius 2 is 1.75 bits per heavy atom. The third-order valence-electron chi connectivity index (χ3n) is 2.89. The van der Waals surface area contributed by atoms with Crippen molar-refractivity contribution in [1.29, 1.82) is 0 Å². The van der Waals surface area contributed by atoms with Crippen molar-refractivity contribution >= 4 is 0 Å². The monoisotopic (exact) mass is 170 g/mol. The lowest BCUT2D eigenvalue weighted by atomic mass is 9.80. The van der Waals surface area contributed by atoms with E-state index in [0.29, 0.717) is 5.41 Å². The molecule has 1 aliphatic heterocycles. The number of hydrogen-bond acceptors (Lipinski definition) is 2. The molecule has 0 aliphatic carbocycles. The lowest BCUT2D eigenvalue weighted by Crippen LogP contribution is -2.41. The van der Waals surface area contributed by atoms with Crippen LogP contribution in [0.5, 0.6) is 0 Å². The van der Waals surface area contributed by atoms with Gasteiger partial charge in [-0.15, -0.1) is 0 Å². The molecule has 1 fully saturated rings. The van der Waals surface area contributed by atoms with Crippen LogP contribution in [0.25, 0.3) is 0 Å². The van der Waals surface area contributed by atoms with Gasteiger partial charge in [0.05, 0.1) is 0 Å². The quantitative estimate of drug-likeness (QED) is 0.616. The molecule has 1 saturated heterocycles. The molecule has 0 aromatic carbocycles. The first-order chi connectivity index (χ1) is 5.52. The van der Waals surface area contributed by atoms with E-state index in [0.717, 1.165) is 0 Å². The van der Waals surface area contributed by atoms with E-state index < -0.39 is 0 Å². The summed E-state index contributed by atoms with van der Waals surface area (Å²) in [5.41, 5.74) is 0.565. The molecule has 12 heavy (non-hydrogen) atoms. The van der Waals surface area contributed by atoms with Gasteiger partial charge in [0.25, 0.3) is 0 Å². The number of piperidine rings is 1. The zero-order valence-electron chi connectivity index (χ0n) is 8.93. The fourth-order valence-electron chi connectivity index (χ4n) is 2.08. The number of nitrogens with zero attached hydrogens (tertiary/aromatic N) is 2. The van der Waals surface area contributed by atoms with Gasteiger partial charge in [-0.1, -0.05) is 6.92 Å². The van der Waals surface area contributed by atoms with Crippen LogP contribution in [-0.4, -0.2) is 50.6 Å². The molecular weight excluding hydrogens is 148 g/mol. The normalized spacial score (nSPS) is 24.8. The van der Waals surface area contributed by atoms with E-state index >= 15 is 0 Å². The second-order valence-corrected chi connectivity index (χ2v) is 4.85. The largest absolute Gasteiger partial charge is 0.309 e. The molecule has 72 valence electrons. The van der Waals surface area contributed by atoms with Crippen LogP contribution in [-0.2, 0) is 0 Å². The molecule has 0 aromatic rings. The summed E-state index contributed by atoms with van der Waals surface area (Å²) in [4.78, 5) is 4.74. The second kappa shape index (κ2) is 3.75. The maximum absolute atomic E-state index is 2.43. The summed E-state index contributed by atoms with van der Waals surface area (Å²) in [6, 6.07) is 0. The smallest absolute Gasteiger partial charge is 0.00302 e. The summed E-state index contributed by atoms with van der Waals surface area (Å²) in [5.74, 6) is 0. The first kappa shape index (κ1) is 10.0. The van der Waals surface area contributed by atoms with Gasteiger partial charge in [0, 0.05) is 6.54 Å². The van der Waals surface area contributed by atoms with E-state index in [1.54, 1.807) is 0 Å². The molecule has 0 atom stereocenters. The summed E-state index contributed by atoms with van der Waals surface area (Å²) in [6.45, 7) is 6.19. The molecule has 0 N–H and O–H groups in total. The van der Waals surface area contributed by atoms with Gasteiger partial charge in [0.15, 0.2) is 0 Å². The van der Waals surface area contributed by atoms with Crippen LogP contribution in [0.4, 0.5) is 0 Å². The van der Waals surface area contributed by atoms with E-state index in [9.17, 15) is 0 Å². The molecular formula is C10H22N2. The van der Waals surface area contributed by atoms with Gasteiger partial charge in [-0.3, -0.25) is 0 Å². The SMILES string of the molecule is CN(C)CC1(C)CCN(C)CC1. The minimum atomic E-state index is 0.565. The van der Waals surface area contributed by atoms with E-state index in [-0.39, 0.29) is 0 Å². The van der Waals surface area contributed by atoms with E-state index in [4.69, 9.17) is 0 Å². The van der Waals surface area contributed by atoms with Gasteiger partial charge in [-0.25, -0.2) is 0 Å². The average molecular weight is 170 g/mol. The summed E-state index contributed by atoms with van der Waals surface area (Å²) < 4.78 is 0. The van der Waals surface area contributed by atoms with Crippen molar-refractivity contribution in [1.82, 2.24) is 9.80 Å². The van der Waals surface area contributed by atoms with Gasteiger partial charge in [-0.2, -0.15) is 0 Å². The van der Waals surface area contributed by atoms with Crippen LogP contribution in [0.15, 0.2) is 0 Å². The maximum Gasteiger partial charge on any atom is 0.00302 e. The van der Waals surface area contributed by atoms with Crippen molar-refractivity contribution in [2.45, 2.75) is 19.8 Å². The van der Waals surface area contributed by atoms with Crippen molar-refractivity contribution in [2.24, 2.45) is 5.41 Å². The second-order valence-electron chi connectivity index (χ2n) is 4.85. The van der Waals surface area contributed by atoms with Gasteiger partial charge < -0.3 is 9.80 Å². The highest BCUT2D eigenvalue weighted by atomic mass is 15.1. The first-order valence-corrected chi connectivity index (χ1v) is 4.85. The number of rotatable bonds is 2. The molecule has 1 aliphatic rings. The van der Waals surface area contributed by atoms with Gasteiger partial charge in [0.1, 0.15) is 0 Å². The van der Waals surface area contributed by atoms with Crippen molar-refractivity contribution < 1.29 is 0 Å². The minimum absolute atomic E-state index is 0.565. The van der Waals surface area contributed by atoms with Crippen LogP contribution in [0.2, 0.25) is 0 Å². The summed E-state index contributed by atoms with van der Waals surface area (Å²) in [5, 5.41) is 0. The number of likely N-dealkylation sites (tertiary alicyclic amines) is 1. The highest BCUT2D eigenvalue weighted by Gasteiger charge is 2.28. The Morgan fingerprint density at radius 1 is 1.25 bits per heavy atom. The molecule has 0 amide bonds. The van der Waals surface area contributed by atoms with Crippen molar-refractivity contribution in [2.75, 3.05) is 40.8 Å². The fraction of sp³-hybridized carbons (Fsp3) is 1.00. The fourth-order valence-corrected chi connectivity index (χ4v) is 2.08. The Kier molecular flexibility index (Phi) is 3.13. The van der Waals surface area contributed by atoms with Gasteiger partial charge >= 0.3 is 0 Å². The Labute approximate surface area is 76.5 Å². The van der Waals surface area contributed by atoms with Crippen LogP contribution in [0.3, 0.4) is 0 Å².